The Hall–Kier alpha value is -2.31. The molecule has 1 unspecified atom stereocenters. The summed E-state index contributed by atoms with van der Waals surface area (Å²) < 4.78 is 0. The van der Waals surface area contributed by atoms with Crippen molar-refractivity contribution in [3.8, 4) is 11.8 Å². The quantitative estimate of drug-likeness (QED) is 0.879. The van der Waals surface area contributed by atoms with Crippen molar-refractivity contribution >= 4 is 0 Å². The lowest BCUT2D eigenvalue weighted by molar-refractivity contribution is 0.474. The topological polar surface area (TPSA) is 56.0 Å². The highest BCUT2D eigenvalue weighted by molar-refractivity contribution is 5.33. The average Bonchev–Trinajstić information content (AvgIpc) is 2.46. The summed E-state index contributed by atoms with van der Waals surface area (Å²) in [5.41, 5.74) is 2.88. The summed E-state index contributed by atoms with van der Waals surface area (Å²) in [6, 6.07) is 17.1. The van der Waals surface area contributed by atoms with Gasteiger partial charge in [-0.1, -0.05) is 24.3 Å². The molecule has 0 fully saturated rings. The van der Waals surface area contributed by atoms with Crippen molar-refractivity contribution in [2.24, 2.45) is 0 Å². The van der Waals surface area contributed by atoms with Gasteiger partial charge in [-0.2, -0.15) is 5.26 Å². The molecule has 0 radical (unpaired) electrons. The highest BCUT2D eigenvalue weighted by Gasteiger charge is 2.05. The highest BCUT2D eigenvalue weighted by atomic mass is 16.3. The number of nitrogens with one attached hydrogen (secondary N) is 1. The molecule has 2 rings (SSSR count). The standard InChI is InChI=1S/C16H16N2O/c1-12(15-5-7-16(19)8-6-15)18-11-14-4-2-3-13(9-14)10-17/h2-9,12,18-19H,11H2,1H3. The van der Waals surface area contributed by atoms with Crippen LogP contribution in [0.15, 0.2) is 48.5 Å². The summed E-state index contributed by atoms with van der Waals surface area (Å²) in [7, 11) is 0. The van der Waals surface area contributed by atoms with Crippen molar-refractivity contribution in [2.45, 2.75) is 19.5 Å². The van der Waals surface area contributed by atoms with Gasteiger partial charge in [0, 0.05) is 12.6 Å². The minimum absolute atomic E-state index is 0.186. The molecule has 0 aliphatic rings. The third-order valence-corrected chi connectivity index (χ3v) is 3.06. The first kappa shape index (κ1) is 13.1. The minimum atomic E-state index is 0.186. The zero-order valence-electron chi connectivity index (χ0n) is 10.8. The molecule has 0 saturated carbocycles. The number of benzene rings is 2. The van der Waals surface area contributed by atoms with Gasteiger partial charge in [0.15, 0.2) is 0 Å². The Bertz CT molecular complexity index is 584. The number of hydrogen-bond donors (Lipinski definition) is 2. The Labute approximate surface area is 113 Å². The first-order valence-corrected chi connectivity index (χ1v) is 6.20. The van der Waals surface area contributed by atoms with Crippen LogP contribution >= 0.6 is 0 Å². The number of phenolic OH excluding ortho intramolecular Hbond substituents is 1. The Balaban J connectivity index is 1.98. The van der Waals surface area contributed by atoms with Crippen LogP contribution in [0.4, 0.5) is 0 Å². The van der Waals surface area contributed by atoms with Gasteiger partial charge in [0.2, 0.25) is 0 Å². The van der Waals surface area contributed by atoms with Crippen LogP contribution < -0.4 is 5.32 Å². The molecule has 2 N–H and O–H groups in total. The maximum absolute atomic E-state index is 9.25. The summed E-state index contributed by atoms with van der Waals surface area (Å²) in [6.07, 6.45) is 0. The molecule has 0 aromatic heterocycles. The summed E-state index contributed by atoms with van der Waals surface area (Å²) in [6.45, 7) is 2.78. The van der Waals surface area contributed by atoms with Gasteiger partial charge in [-0.3, -0.25) is 0 Å². The molecule has 2 aromatic rings. The van der Waals surface area contributed by atoms with Crippen molar-refractivity contribution in [3.63, 3.8) is 0 Å². The summed E-state index contributed by atoms with van der Waals surface area (Å²) >= 11 is 0. The van der Waals surface area contributed by atoms with Crippen molar-refractivity contribution < 1.29 is 5.11 Å². The molecule has 1 atom stereocenters. The molecule has 19 heavy (non-hydrogen) atoms. The molecular formula is C16H16N2O. The zero-order chi connectivity index (χ0) is 13.7. The van der Waals surface area contributed by atoms with Gasteiger partial charge in [0.1, 0.15) is 5.75 Å². The highest BCUT2D eigenvalue weighted by Crippen LogP contribution is 2.17. The molecule has 0 aliphatic carbocycles. The smallest absolute Gasteiger partial charge is 0.115 e. The normalized spacial score (nSPS) is 11.8. The Kier molecular flexibility index (Phi) is 4.17. The van der Waals surface area contributed by atoms with Gasteiger partial charge in [0.05, 0.1) is 11.6 Å². The molecule has 2 aromatic carbocycles. The lowest BCUT2D eigenvalue weighted by atomic mass is 10.1. The van der Waals surface area contributed by atoms with E-state index in [2.05, 4.69) is 18.3 Å². The lowest BCUT2D eigenvalue weighted by Gasteiger charge is -2.14. The number of nitrogens with zero attached hydrogens (tertiary/aromatic N) is 1. The number of nitriles is 1. The predicted molar refractivity (Wildman–Crippen MR) is 74.5 cm³/mol. The predicted octanol–water partition coefficient (Wildman–Crippen LogP) is 3.11. The Morgan fingerprint density at radius 2 is 1.95 bits per heavy atom. The molecule has 96 valence electrons. The van der Waals surface area contributed by atoms with E-state index in [9.17, 15) is 5.11 Å². The molecule has 0 saturated heterocycles. The van der Waals surface area contributed by atoms with Gasteiger partial charge >= 0.3 is 0 Å². The SMILES string of the molecule is CC(NCc1cccc(C#N)c1)c1ccc(O)cc1. The van der Waals surface area contributed by atoms with Crippen molar-refractivity contribution in [3.05, 3.63) is 65.2 Å². The molecule has 0 heterocycles. The van der Waals surface area contributed by atoms with Crippen LogP contribution in [0.1, 0.15) is 29.7 Å². The fraction of sp³-hybridized carbons (Fsp3) is 0.188. The van der Waals surface area contributed by atoms with Crippen LogP contribution in [0.2, 0.25) is 0 Å². The lowest BCUT2D eigenvalue weighted by Crippen LogP contribution is -2.17. The third kappa shape index (κ3) is 3.57. The number of aromatic hydroxyl groups is 1. The van der Waals surface area contributed by atoms with Crippen LogP contribution in [-0.4, -0.2) is 5.11 Å². The van der Waals surface area contributed by atoms with Crippen LogP contribution in [0.3, 0.4) is 0 Å². The van der Waals surface area contributed by atoms with E-state index in [1.165, 1.54) is 0 Å². The van der Waals surface area contributed by atoms with Crippen molar-refractivity contribution in [2.75, 3.05) is 0 Å². The maximum atomic E-state index is 9.25. The average molecular weight is 252 g/mol. The van der Waals surface area contributed by atoms with E-state index in [-0.39, 0.29) is 11.8 Å². The molecule has 0 bridgehead atoms. The van der Waals surface area contributed by atoms with Gasteiger partial charge in [-0.25, -0.2) is 0 Å². The fourth-order valence-corrected chi connectivity index (χ4v) is 1.90. The third-order valence-electron chi connectivity index (χ3n) is 3.06. The number of rotatable bonds is 4. The van der Waals surface area contributed by atoms with Gasteiger partial charge in [-0.15, -0.1) is 0 Å². The van der Waals surface area contributed by atoms with E-state index in [4.69, 9.17) is 5.26 Å². The Morgan fingerprint density at radius 1 is 1.21 bits per heavy atom. The van der Waals surface area contributed by atoms with E-state index in [1.54, 1.807) is 18.2 Å². The van der Waals surface area contributed by atoms with E-state index in [0.717, 1.165) is 11.1 Å². The molecule has 0 amide bonds. The maximum Gasteiger partial charge on any atom is 0.115 e. The van der Waals surface area contributed by atoms with Crippen molar-refractivity contribution in [1.82, 2.24) is 5.32 Å². The second-order valence-electron chi connectivity index (χ2n) is 4.51. The molecule has 3 nitrogen and oxygen atoms in total. The molecule has 0 aliphatic heterocycles. The second-order valence-corrected chi connectivity index (χ2v) is 4.51. The van der Waals surface area contributed by atoms with Gasteiger partial charge in [0.25, 0.3) is 0 Å². The van der Waals surface area contributed by atoms with E-state index >= 15 is 0 Å². The van der Waals surface area contributed by atoms with Crippen LogP contribution in [-0.2, 0) is 6.54 Å². The van der Waals surface area contributed by atoms with Gasteiger partial charge < -0.3 is 10.4 Å². The number of phenols is 1. The monoisotopic (exact) mass is 252 g/mol. The summed E-state index contributed by atoms with van der Waals surface area (Å²) in [5.74, 6) is 0.276. The molecule has 3 heteroatoms. The second kappa shape index (κ2) is 6.03. The largest absolute Gasteiger partial charge is 0.508 e. The van der Waals surface area contributed by atoms with E-state index < -0.39 is 0 Å². The summed E-state index contributed by atoms with van der Waals surface area (Å²) in [4.78, 5) is 0. The summed E-state index contributed by atoms with van der Waals surface area (Å²) in [5, 5.41) is 21.5. The zero-order valence-corrected chi connectivity index (χ0v) is 10.8. The van der Waals surface area contributed by atoms with Gasteiger partial charge in [-0.05, 0) is 42.3 Å². The molecule has 0 spiro atoms. The van der Waals surface area contributed by atoms with Crippen LogP contribution in [0, 0.1) is 11.3 Å². The van der Waals surface area contributed by atoms with Crippen LogP contribution in [0.25, 0.3) is 0 Å². The van der Waals surface area contributed by atoms with E-state index in [1.807, 2.05) is 30.3 Å². The van der Waals surface area contributed by atoms with Crippen molar-refractivity contribution in [1.29, 1.82) is 5.26 Å². The molecular weight excluding hydrogens is 236 g/mol. The fourth-order valence-electron chi connectivity index (χ4n) is 1.90. The first-order chi connectivity index (χ1) is 9.19. The first-order valence-electron chi connectivity index (χ1n) is 6.20. The minimum Gasteiger partial charge on any atom is -0.508 e. The Morgan fingerprint density at radius 3 is 2.63 bits per heavy atom. The number of hydrogen-bond acceptors (Lipinski definition) is 3. The van der Waals surface area contributed by atoms with Crippen LogP contribution in [0.5, 0.6) is 5.75 Å². The van der Waals surface area contributed by atoms with E-state index in [0.29, 0.717) is 12.1 Å².